The molecule has 1 aliphatic rings. The summed E-state index contributed by atoms with van der Waals surface area (Å²) in [6.45, 7) is 2.59. The summed E-state index contributed by atoms with van der Waals surface area (Å²) < 4.78 is 2.07. The van der Waals surface area contributed by atoms with Crippen LogP contribution in [0.2, 0.25) is 0 Å². The zero-order valence-corrected chi connectivity index (χ0v) is 17.0. The number of hydrogen-bond acceptors (Lipinski definition) is 6. The average molecular weight is 398 g/mol. The van der Waals surface area contributed by atoms with E-state index in [1.165, 1.54) is 43.4 Å². The fourth-order valence-corrected chi connectivity index (χ4v) is 4.59. The van der Waals surface area contributed by atoms with Gasteiger partial charge in [0.2, 0.25) is 0 Å². The lowest BCUT2D eigenvalue weighted by molar-refractivity contribution is 0.209. The van der Waals surface area contributed by atoms with Gasteiger partial charge < -0.3 is 10.8 Å². The first-order valence-corrected chi connectivity index (χ1v) is 10.7. The highest BCUT2D eigenvalue weighted by molar-refractivity contribution is 7.14. The third-order valence-electron chi connectivity index (χ3n) is 5.58. The lowest BCUT2D eigenvalue weighted by atomic mass is 10.0. The molecule has 2 heterocycles. The Morgan fingerprint density at radius 1 is 1.14 bits per heavy atom. The zero-order chi connectivity index (χ0) is 19.6. The second-order valence-corrected chi connectivity index (χ2v) is 8.97. The van der Waals surface area contributed by atoms with E-state index in [0.29, 0.717) is 5.01 Å². The van der Waals surface area contributed by atoms with Gasteiger partial charge >= 0.3 is 0 Å². The molecule has 0 unspecified atom stereocenters. The van der Waals surface area contributed by atoms with Gasteiger partial charge in [-0.25, -0.2) is 0 Å². The molecule has 1 saturated carbocycles. The smallest absolute Gasteiger partial charge is 0.147 e. The molecule has 7 heteroatoms. The predicted octanol–water partition coefficient (Wildman–Crippen LogP) is 3.82. The van der Waals surface area contributed by atoms with Crippen LogP contribution in [-0.4, -0.2) is 31.7 Å². The van der Waals surface area contributed by atoms with Gasteiger partial charge in [-0.1, -0.05) is 61.3 Å². The van der Waals surface area contributed by atoms with Gasteiger partial charge in [-0.15, -0.1) is 10.2 Å². The Hall–Kier alpha value is -2.09. The summed E-state index contributed by atoms with van der Waals surface area (Å²) in [6, 6.07) is 8.26. The molecule has 1 fully saturated rings. The van der Waals surface area contributed by atoms with Crippen LogP contribution in [0, 0.1) is 5.92 Å². The molecule has 0 aliphatic heterocycles. The maximum absolute atomic E-state index is 9.40. The Morgan fingerprint density at radius 3 is 2.57 bits per heavy atom. The van der Waals surface area contributed by atoms with Crippen molar-refractivity contribution in [3.05, 3.63) is 41.7 Å². The molecule has 6 nitrogen and oxygen atoms in total. The molecule has 0 amide bonds. The van der Waals surface area contributed by atoms with Crippen molar-refractivity contribution in [1.29, 1.82) is 0 Å². The topological polar surface area (TPSA) is 89.8 Å². The van der Waals surface area contributed by atoms with E-state index >= 15 is 0 Å². The molecule has 3 aromatic rings. The summed E-state index contributed by atoms with van der Waals surface area (Å²) in [5.74, 6) is 0.880. The number of aliphatic hydroxyl groups excluding tert-OH is 1. The number of benzene rings is 1. The zero-order valence-electron chi connectivity index (χ0n) is 16.2. The van der Waals surface area contributed by atoms with Crippen LogP contribution >= 0.6 is 11.3 Å². The van der Waals surface area contributed by atoms with Gasteiger partial charge in [0.25, 0.3) is 0 Å². The lowest BCUT2D eigenvalue weighted by Gasteiger charge is -2.16. The van der Waals surface area contributed by atoms with Crippen molar-refractivity contribution in [2.75, 3.05) is 6.61 Å². The van der Waals surface area contributed by atoms with Gasteiger partial charge in [-0.3, -0.25) is 4.68 Å². The van der Waals surface area contributed by atoms with Crippen LogP contribution in [0.5, 0.6) is 0 Å². The highest BCUT2D eigenvalue weighted by Gasteiger charge is 2.25. The molecule has 28 heavy (non-hydrogen) atoms. The maximum Gasteiger partial charge on any atom is 0.147 e. The van der Waals surface area contributed by atoms with Crippen LogP contribution in [0.3, 0.4) is 0 Å². The summed E-state index contributed by atoms with van der Waals surface area (Å²) in [7, 11) is 0. The number of aromatic nitrogens is 4. The molecule has 1 atom stereocenters. The van der Waals surface area contributed by atoms with E-state index in [0.717, 1.165) is 34.2 Å². The number of aryl methyl sites for hydroxylation is 1. The lowest BCUT2D eigenvalue weighted by Crippen LogP contribution is -2.36. The molecule has 148 valence electrons. The molecule has 2 aromatic heterocycles. The molecule has 1 aromatic carbocycles. The minimum Gasteiger partial charge on any atom is -0.394 e. The quantitative estimate of drug-likeness (QED) is 0.633. The van der Waals surface area contributed by atoms with Crippen molar-refractivity contribution in [3.63, 3.8) is 0 Å². The Kier molecular flexibility index (Phi) is 5.57. The summed E-state index contributed by atoms with van der Waals surface area (Å²) in [6.07, 6.45) is 10.8. The van der Waals surface area contributed by atoms with Crippen LogP contribution < -0.4 is 5.73 Å². The normalized spacial score (nSPS) is 17.1. The van der Waals surface area contributed by atoms with Crippen molar-refractivity contribution < 1.29 is 5.11 Å². The minimum atomic E-state index is -0.858. The largest absolute Gasteiger partial charge is 0.394 e. The molecule has 0 bridgehead atoms. The first-order valence-electron chi connectivity index (χ1n) is 9.92. The summed E-state index contributed by atoms with van der Waals surface area (Å²) in [4.78, 5) is 0. The molecular formula is C21H27N5OS. The second kappa shape index (κ2) is 8.11. The highest BCUT2D eigenvalue weighted by Crippen LogP contribution is 2.31. The van der Waals surface area contributed by atoms with Crippen molar-refractivity contribution in [3.8, 4) is 21.7 Å². The third-order valence-corrected chi connectivity index (χ3v) is 6.83. The van der Waals surface area contributed by atoms with E-state index in [4.69, 9.17) is 5.73 Å². The van der Waals surface area contributed by atoms with Crippen molar-refractivity contribution in [1.82, 2.24) is 20.0 Å². The van der Waals surface area contributed by atoms with Crippen LogP contribution in [0.4, 0.5) is 0 Å². The molecule has 0 radical (unpaired) electrons. The summed E-state index contributed by atoms with van der Waals surface area (Å²) >= 11 is 1.42. The van der Waals surface area contributed by atoms with Crippen LogP contribution in [0.25, 0.3) is 21.7 Å². The number of hydrogen-bond donors (Lipinski definition) is 2. The van der Waals surface area contributed by atoms with Gasteiger partial charge in [0.15, 0.2) is 0 Å². The number of nitrogens with two attached hydrogens (primary N) is 1. The van der Waals surface area contributed by atoms with Crippen molar-refractivity contribution in [2.24, 2.45) is 11.7 Å². The first-order chi connectivity index (χ1) is 13.5. The van der Waals surface area contributed by atoms with Gasteiger partial charge in [-0.05, 0) is 24.8 Å². The summed E-state index contributed by atoms with van der Waals surface area (Å²) in [5.41, 5.74) is 8.45. The second-order valence-electron chi connectivity index (χ2n) is 8.00. The number of rotatable bonds is 7. The molecule has 0 saturated heterocycles. The Morgan fingerprint density at radius 2 is 1.86 bits per heavy atom. The van der Waals surface area contributed by atoms with E-state index in [1.807, 2.05) is 18.3 Å². The SMILES string of the molecule is C[C@](N)(CO)c1nnc(-c2ccc(-c3cnn(CCC4CCCC4)c3)cc2)s1. The molecular weight excluding hydrogens is 370 g/mol. The monoisotopic (exact) mass is 397 g/mol. The van der Waals surface area contributed by atoms with E-state index < -0.39 is 5.54 Å². The molecule has 4 rings (SSSR count). The predicted molar refractivity (Wildman–Crippen MR) is 112 cm³/mol. The maximum atomic E-state index is 9.40. The van der Waals surface area contributed by atoms with Crippen LogP contribution in [0.15, 0.2) is 36.7 Å². The van der Waals surface area contributed by atoms with Crippen LogP contribution in [0.1, 0.15) is 44.0 Å². The third kappa shape index (κ3) is 4.16. The fourth-order valence-electron chi connectivity index (χ4n) is 3.69. The van der Waals surface area contributed by atoms with Gasteiger partial charge in [-0.2, -0.15) is 5.10 Å². The van der Waals surface area contributed by atoms with E-state index in [1.54, 1.807) is 6.92 Å². The van der Waals surface area contributed by atoms with Gasteiger partial charge in [0, 0.05) is 23.9 Å². The molecule has 1 aliphatic carbocycles. The van der Waals surface area contributed by atoms with E-state index in [-0.39, 0.29) is 6.61 Å². The summed E-state index contributed by atoms with van der Waals surface area (Å²) in [5, 5.41) is 23.7. The number of nitrogens with zero attached hydrogens (tertiary/aromatic N) is 4. The fraction of sp³-hybridized carbons (Fsp3) is 0.476. The van der Waals surface area contributed by atoms with Crippen LogP contribution in [-0.2, 0) is 12.1 Å². The Bertz CT molecular complexity index is 909. The standard InChI is InChI=1S/C21H27N5OS/c1-21(22,14-27)20-25-24-19(28-20)17-8-6-16(7-9-17)18-12-23-26(13-18)11-10-15-4-2-3-5-15/h6-9,12-13,15,27H,2-5,10-11,14,22H2,1H3/t21-/m0/s1. The van der Waals surface area contributed by atoms with Crippen molar-refractivity contribution >= 4 is 11.3 Å². The van der Waals surface area contributed by atoms with E-state index in [9.17, 15) is 5.11 Å². The average Bonchev–Trinajstić information content (AvgIpc) is 3.48. The molecule has 0 spiro atoms. The number of aliphatic hydroxyl groups is 1. The minimum absolute atomic E-state index is 0.161. The Labute approximate surface area is 169 Å². The molecule has 3 N–H and O–H groups in total. The van der Waals surface area contributed by atoms with Gasteiger partial charge in [0.05, 0.1) is 18.3 Å². The van der Waals surface area contributed by atoms with Crippen molar-refractivity contribution in [2.45, 2.75) is 51.1 Å². The van der Waals surface area contributed by atoms with E-state index in [2.05, 4.69) is 38.3 Å². The van der Waals surface area contributed by atoms with Gasteiger partial charge in [0.1, 0.15) is 10.0 Å². The Balaban J connectivity index is 1.43. The highest BCUT2D eigenvalue weighted by atomic mass is 32.1. The first kappa shape index (κ1) is 19.2.